The van der Waals surface area contributed by atoms with E-state index < -0.39 is 0 Å². The predicted octanol–water partition coefficient (Wildman–Crippen LogP) is 2.65. The minimum absolute atomic E-state index is 0.0370. The summed E-state index contributed by atoms with van der Waals surface area (Å²) in [4.78, 5) is 14.7. The Balaban J connectivity index is 2.26. The molecule has 19 heavy (non-hydrogen) atoms. The van der Waals surface area contributed by atoms with Crippen LogP contribution in [0.2, 0.25) is 0 Å². The summed E-state index contributed by atoms with van der Waals surface area (Å²) in [6.07, 6.45) is 3.27. The van der Waals surface area contributed by atoms with Crippen molar-refractivity contribution in [1.29, 1.82) is 0 Å². The summed E-state index contributed by atoms with van der Waals surface area (Å²) in [5.41, 5.74) is 9.11. The van der Waals surface area contributed by atoms with E-state index in [2.05, 4.69) is 6.07 Å². The number of hydrogen-bond acceptors (Lipinski definition) is 2. The second-order valence-electron chi connectivity index (χ2n) is 5.74. The van der Waals surface area contributed by atoms with Crippen molar-refractivity contribution in [3.63, 3.8) is 0 Å². The molecule has 2 atom stereocenters. The molecule has 1 amide bonds. The van der Waals surface area contributed by atoms with Gasteiger partial charge in [-0.25, -0.2) is 0 Å². The molecule has 0 radical (unpaired) electrons. The van der Waals surface area contributed by atoms with Crippen molar-refractivity contribution in [3.8, 4) is 0 Å². The molecule has 0 aliphatic carbocycles. The molecule has 0 aromatic heterocycles. The van der Waals surface area contributed by atoms with Crippen molar-refractivity contribution in [2.24, 2.45) is 5.73 Å². The maximum atomic E-state index is 12.7. The third-order valence-corrected chi connectivity index (χ3v) is 4.03. The first-order valence-electron chi connectivity index (χ1n) is 7.14. The van der Waals surface area contributed by atoms with E-state index in [9.17, 15) is 4.79 Å². The molecule has 1 heterocycles. The fourth-order valence-electron chi connectivity index (χ4n) is 2.96. The summed E-state index contributed by atoms with van der Waals surface area (Å²) >= 11 is 0. The Hall–Kier alpha value is -1.35. The molecule has 0 unspecified atom stereocenters. The average molecular weight is 260 g/mol. The molecule has 1 saturated heterocycles. The lowest BCUT2D eigenvalue weighted by Gasteiger charge is -2.38. The molecule has 3 heteroatoms. The van der Waals surface area contributed by atoms with Gasteiger partial charge < -0.3 is 10.6 Å². The van der Waals surface area contributed by atoms with Gasteiger partial charge in [-0.1, -0.05) is 17.7 Å². The molecule has 1 aromatic rings. The quantitative estimate of drug-likeness (QED) is 0.888. The van der Waals surface area contributed by atoms with Gasteiger partial charge in [0.2, 0.25) is 0 Å². The zero-order valence-corrected chi connectivity index (χ0v) is 12.1. The number of hydrogen-bond donors (Lipinski definition) is 1. The molecule has 0 saturated carbocycles. The van der Waals surface area contributed by atoms with Gasteiger partial charge in [0.1, 0.15) is 0 Å². The number of carbonyl (C=O) groups excluding carboxylic acids is 1. The van der Waals surface area contributed by atoms with Gasteiger partial charge in [-0.2, -0.15) is 0 Å². The van der Waals surface area contributed by atoms with Crippen LogP contribution in [-0.2, 0) is 0 Å². The summed E-state index contributed by atoms with van der Waals surface area (Å²) < 4.78 is 0. The Morgan fingerprint density at radius 3 is 2.74 bits per heavy atom. The zero-order valence-electron chi connectivity index (χ0n) is 12.1. The summed E-state index contributed by atoms with van der Waals surface area (Å²) in [5.74, 6) is 0.138. The number of amides is 1. The summed E-state index contributed by atoms with van der Waals surface area (Å²) in [7, 11) is 0. The fraction of sp³-hybridized carbons (Fsp3) is 0.562. The van der Waals surface area contributed by atoms with Gasteiger partial charge in [-0.15, -0.1) is 0 Å². The number of piperidine rings is 1. The van der Waals surface area contributed by atoms with Crippen LogP contribution in [0, 0.1) is 13.8 Å². The number of benzene rings is 1. The highest BCUT2D eigenvalue weighted by Gasteiger charge is 2.30. The molecule has 0 spiro atoms. The normalized spacial score (nSPS) is 21.3. The van der Waals surface area contributed by atoms with Crippen molar-refractivity contribution in [1.82, 2.24) is 4.90 Å². The monoisotopic (exact) mass is 260 g/mol. The van der Waals surface area contributed by atoms with Crippen LogP contribution in [0.5, 0.6) is 0 Å². The van der Waals surface area contributed by atoms with Crippen LogP contribution in [0.4, 0.5) is 0 Å². The van der Waals surface area contributed by atoms with E-state index in [4.69, 9.17) is 5.73 Å². The van der Waals surface area contributed by atoms with Crippen molar-refractivity contribution in [3.05, 3.63) is 34.9 Å². The number of carbonyl (C=O) groups is 1. The first-order valence-corrected chi connectivity index (χ1v) is 7.14. The SMILES string of the molecule is Cc1ccc(C(=O)N2CCCC[C@H]2[C@H](C)N)c(C)c1. The second-order valence-corrected chi connectivity index (χ2v) is 5.74. The number of rotatable bonds is 2. The number of aryl methyl sites for hydroxylation is 2. The number of likely N-dealkylation sites (tertiary alicyclic amines) is 1. The smallest absolute Gasteiger partial charge is 0.254 e. The number of nitrogens with zero attached hydrogens (tertiary/aromatic N) is 1. The molecule has 1 fully saturated rings. The topological polar surface area (TPSA) is 46.3 Å². The van der Waals surface area contributed by atoms with E-state index in [1.165, 1.54) is 12.0 Å². The lowest BCUT2D eigenvalue weighted by molar-refractivity contribution is 0.0583. The Morgan fingerprint density at radius 1 is 1.37 bits per heavy atom. The molecule has 104 valence electrons. The Morgan fingerprint density at radius 2 is 2.11 bits per heavy atom. The highest BCUT2D eigenvalue weighted by atomic mass is 16.2. The zero-order chi connectivity index (χ0) is 14.0. The van der Waals surface area contributed by atoms with E-state index >= 15 is 0 Å². The third-order valence-electron chi connectivity index (χ3n) is 4.03. The van der Waals surface area contributed by atoms with Crippen LogP contribution in [-0.4, -0.2) is 29.4 Å². The van der Waals surface area contributed by atoms with Gasteiger partial charge in [0, 0.05) is 24.2 Å². The molecule has 3 nitrogen and oxygen atoms in total. The molecular formula is C16H24N2O. The Bertz CT molecular complexity index is 468. The maximum Gasteiger partial charge on any atom is 0.254 e. The molecular weight excluding hydrogens is 236 g/mol. The van der Waals surface area contributed by atoms with E-state index in [1.54, 1.807) is 0 Å². The van der Waals surface area contributed by atoms with Crippen LogP contribution < -0.4 is 5.73 Å². The van der Waals surface area contributed by atoms with Crippen molar-refractivity contribution in [2.45, 2.75) is 52.1 Å². The van der Waals surface area contributed by atoms with Gasteiger partial charge in [-0.3, -0.25) is 4.79 Å². The number of nitrogens with two attached hydrogens (primary N) is 1. The van der Waals surface area contributed by atoms with Crippen LogP contribution in [0.15, 0.2) is 18.2 Å². The Labute approximate surface area is 115 Å². The lowest BCUT2D eigenvalue weighted by Crippen LogP contribution is -2.51. The molecule has 1 aromatic carbocycles. The average Bonchev–Trinajstić information content (AvgIpc) is 2.38. The van der Waals surface area contributed by atoms with Crippen LogP contribution in [0.25, 0.3) is 0 Å². The Kier molecular flexibility index (Phi) is 4.25. The van der Waals surface area contributed by atoms with Crippen LogP contribution >= 0.6 is 0 Å². The highest BCUT2D eigenvalue weighted by molar-refractivity contribution is 5.96. The van der Waals surface area contributed by atoms with Crippen molar-refractivity contribution in [2.75, 3.05) is 6.54 Å². The summed E-state index contributed by atoms with van der Waals surface area (Å²) in [6.45, 7) is 6.88. The first-order chi connectivity index (χ1) is 9.00. The van der Waals surface area contributed by atoms with Crippen molar-refractivity contribution < 1.29 is 4.79 Å². The summed E-state index contributed by atoms with van der Waals surface area (Å²) in [6, 6.07) is 6.24. The molecule has 2 rings (SSSR count). The second kappa shape index (κ2) is 5.74. The van der Waals surface area contributed by atoms with Crippen LogP contribution in [0.1, 0.15) is 47.7 Å². The van der Waals surface area contributed by atoms with E-state index in [1.807, 2.05) is 37.8 Å². The van der Waals surface area contributed by atoms with Gasteiger partial charge in [0.25, 0.3) is 5.91 Å². The predicted molar refractivity (Wildman–Crippen MR) is 78.2 cm³/mol. The minimum Gasteiger partial charge on any atom is -0.334 e. The molecule has 1 aliphatic rings. The van der Waals surface area contributed by atoms with Gasteiger partial charge in [0.15, 0.2) is 0 Å². The van der Waals surface area contributed by atoms with E-state index in [0.717, 1.165) is 30.5 Å². The molecule has 1 aliphatic heterocycles. The highest BCUT2D eigenvalue weighted by Crippen LogP contribution is 2.23. The fourth-order valence-corrected chi connectivity index (χ4v) is 2.96. The third kappa shape index (κ3) is 2.98. The molecule has 2 N–H and O–H groups in total. The lowest BCUT2D eigenvalue weighted by atomic mass is 9.95. The van der Waals surface area contributed by atoms with Gasteiger partial charge in [-0.05, 0) is 51.7 Å². The standard InChI is InChI=1S/C16H24N2O/c1-11-7-8-14(12(2)10-11)16(19)18-9-5-4-6-15(18)13(3)17/h7-8,10,13,15H,4-6,9,17H2,1-3H3/t13-,15-/m0/s1. The first kappa shape index (κ1) is 14.1. The molecule has 0 bridgehead atoms. The van der Waals surface area contributed by atoms with Gasteiger partial charge in [0.05, 0.1) is 0 Å². The van der Waals surface area contributed by atoms with Crippen LogP contribution in [0.3, 0.4) is 0 Å². The largest absolute Gasteiger partial charge is 0.334 e. The van der Waals surface area contributed by atoms with Crippen molar-refractivity contribution >= 4 is 5.91 Å². The minimum atomic E-state index is 0.0370. The van der Waals surface area contributed by atoms with E-state index in [0.29, 0.717) is 0 Å². The van der Waals surface area contributed by atoms with E-state index in [-0.39, 0.29) is 18.0 Å². The maximum absolute atomic E-state index is 12.7. The van der Waals surface area contributed by atoms with Gasteiger partial charge >= 0.3 is 0 Å². The summed E-state index contributed by atoms with van der Waals surface area (Å²) in [5, 5.41) is 0.